The molecule has 0 saturated carbocycles. The number of benzene rings is 1. The molecule has 134 valence electrons. The van der Waals surface area contributed by atoms with Gasteiger partial charge < -0.3 is 9.57 Å². The molecule has 1 aromatic carbocycles. The molecule has 0 aliphatic heterocycles. The number of nitrogens with zero attached hydrogens (tertiary/aromatic N) is 1. The largest absolute Gasteiger partial charge is 0.452 e. The summed E-state index contributed by atoms with van der Waals surface area (Å²) in [5.74, 6) is -0.986. The molecule has 7 nitrogen and oxygen atoms in total. The number of rotatable bonds is 9. The Balaban J connectivity index is 2.94. The van der Waals surface area contributed by atoms with E-state index in [0.29, 0.717) is 12.0 Å². The second kappa shape index (κ2) is 9.39. The predicted octanol–water partition coefficient (Wildman–Crippen LogP) is 2.24. The molecule has 3 atom stereocenters. The molecule has 0 amide bonds. The van der Waals surface area contributed by atoms with Crippen LogP contribution in [-0.2, 0) is 23.9 Å². The number of esters is 1. The van der Waals surface area contributed by atoms with E-state index in [9.17, 15) is 13.2 Å². The van der Waals surface area contributed by atoms with E-state index >= 15 is 0 Å². The summed E-state index contributed by atoms with van der Waals surface area (Å²) in [5.41, 5.74) is 0.387. The molecule has 0 aliphatic carbocycles. The Hall–Kier alpha value is -1.93. The van der Waals surface area contributed by atoms with E-state index in [1.165, 1.54) is 13.3 Å². The molecule has 24 heavy (non-hydrogen) atoms. The van der Waals surface area contributed by atoms with Gasteiger partial charge in [0.25, 0.3) is 10.1 Å². The van der Waals surface area contributed by atoms with Crippen molar-refractivity contribution in [3.05, 3.63) is 35.9 Å². The molecule has 1 aromatic rings. The summed E-state index contributed by atoms with van der Waals surface area (Å²) in [7, 11) is -2.27. The van der Waals surface area contributed by atoms with Crippen LogP contribution in [0, 0.1) is 5.92 Å². The molecule has 0 radical (unpaired) electrons. The van der Waals surface area contributed by atoms with E-state index in [1.807, 2.05) is 0 Å². The Morgan fingerprint density at radius 3 is 2.42 bits per heavy atom. The van der Waals surface area contributed by atoms with Gasteiger partial charge >= 0.3 is 5.97 Å². The van der Waals surface area contributed by atoms with Gasteiger partial charge in [0.15, 0.2) is 0 Å². The van der Waals surface area contributed by atoms with Gasteiger partial charge in [-0.25, -0.2) is 4.79 Å². The fourth-order valence-electron chi connectivity index (χ4n) is 2.12. The zero-order chi connectivity index (χ0) is 18.2. The predicted molar refractivity (Wildman–Crippen MR) is 90.3 cm³/mol. The normalized spacial score (nSPS) is 15.7. The summed E-state index contributed by atoms with van der Waals surface area (Å²) in [5, 5.41) is 3.65. The first-order chi connectivity index (χ1) is 11.3. The molecule has 0 bridgehead atoms. The lowest BCUT2D eigenvalue weighted by molar-refractivity contribution is 0.0164. The maximum atomic E-state index is 12.2. The third-order valence-electron chi connectivity index (χ3n) is 3.37. The number of carbonyl (C=O) groups excluding carboxylic acids is 1. The molecule has 1 rings (SSSR count). The fraction of sp³-hybridized carbons (Fsp3) is 0.500. The van der Waals surface area contributed by atoms with Crippen molar-refractivity contribution in [2.45, 2.75) is 32.5 Å². The lowest BCUT2D eigenvalue weighted by Gasteiger charge is -2.27. The summed E-state index contributed by atoms with van der Waals surface area (Å²) in [4.78, 5) is 16.9. The minimum atomic E-state index is -3.63. The zero-order valence-electron chi connectivity index (χ0n) is 14.2. The summed E-state index contributed by atoms with van der Waals surface area (Å²) < 4.78 is 33.3. The number of hydrogen-bond donors (Lipinski definition) is 0. The molecular weight excluding hydrogens is 334 g/mol. The highest BCUT2D eigenvalue weighted by atomic mass is 32.2. The van der Waals surface area contributed by atoms with Crippen molar-refractivity contribution in [3.63, 3.8) is 0 Å². The van der Waals surface area contributed by atoms with E-state index in [0.717, 1.165) is 6.26 Å². The van der Waals surface area contributed by atoms with E-state index < -0.39 is 34.2 Å². The van der Waals surface area contributed by atoms with Crippen molar-refractivity contribution >= 4 is 22.3 Å². The van der Waals surface area contributed by atoms with Crippen molar-refractivity contribution in [3.8, 4) is 0 Å². The molecule has 0 aromatic heterocycles. The van der Waals surface area contributed by atoms with Gasteiger partial charge in [0.05, 0.1) is 24.1 Å². The molecule has 0 spiro atoms. The van der Waals surface area contributed by atoms with Crippen molar-refractivity contribution in [2.75, 3.05) is 13.4 Å². The summed E-state index contributed by atoms with van der Waals surface area (Å²) in [6, 6.07) is 8.49. The number of ether oxygens (including phenoxy) is 1. The van der Waals surface area contributed by atoms with Gasteiger partial charge in [0.1, 0.15) is 13.2 Å². The first-order valence-corrected chi connectivity index (χ1v) is 9.31. The van der Waals surface area contributed by atoms with Gasteiger partial charge in [-0.1, -0.05) is 37.2 Å². The van der Waals surface area contributed by atoms with Crippen LogP contribution in [0.3, 0.4) is 0 Å². The minimum absolute atomic E-state index is 0.387. The first kappa shape index (κ1) is 20.1. The lowest BCUT2D eigenvalue weighted by atomic mass is 9.97. The highest BCUT2D eigenvalue weighted by Crippen LogP contribution is 2.20. The number of carbonyl (C=O) groups is 1. The number of hydrogen-bond acceptors (Lipinski definition) is 7. The average molecular weight is 357 g/mol. The van der Waals surface area contributed by atoms with Gasteiger partial charge in [-0.05, 0) is 18.6 Å². The molecule has 0 aliphatic rings. The highest BCUT2D eigenvalue weighted by molar-refractivity contribution is 7.86. The van der Waals surface area contributed by atoms with Crippen LogP contribution < -0.4 is 0 Å². The molecular formula is C16H23NO6S. The minimum Gasteiger partial charge on any atom is -0.452 e. The standard InChI is InChI=1S/C16H23NO6S/c1-5-14(23-24(4,19)20)12(2)15(11-17-21-3)22-16(18)13-9-7-6-8-10-13/h6-12,14-15H,5H2,1-4H3/t12-,14+,15+/m1/s1. The SMILES string of the molecule is CC[C@H](OS(C)(=O)=O)[C@@H](C)[C@H](C=NOC)OC(=O)c1ccccc1. The van der Waals surface area contributed by atoms with E-state index in [1.54, 1.807) is 44.2 Å². The zero-order valence-corrected chi connectivity index (χ0v) is 15.0. The van der Waals surface area contributed by atoms with Crippen molar-refractivity contribution < 1.29 is 27.0 Å². The van der Waals surface area contributed by atoms with Crippen molar-refractivity contribution in [1.29, 1.82) is 0 Å². The molecule has 0 fully saturated rings. The van der Waals surface area contributed by atoms with Crippen LogP contribution in [0.1, 0.15) is 30.6 Å². The second-order valence-corrected chi connectivity index (χ2v) is 6.88. The van der Waals surface area contributed by atoms with Crippen LogP contribution in [0.15, 0.2) is 35.5 Å². The monoisotopic (exact) mass is 357 g/mol. The quantitative estimate of drug-likeness (QED) is 0.291. The molecule has 0 saturated heterocycles. The van der Waals surface area contributed by atoms with Crippen molar-refractivity contribution in [2.24, 2.45) is 11.1 Å². The Morgan fingerprint density at radius 1 is 1.29 bits per heavy atom. The van der Waals surface area contributed by atoms with Gasteiger partial charge in [-0.15, -0.1) is 0 Å². The van der Waals surface area contributed by atoms with Crippen LogP contribution >= 0.6 is 0 Å². The van der Waals surface area contributed by atoms with Crippen LogP contribution in [0.2, 0.25) is 0 Å². The van der Waals surface area contributed by atoms with Gasteiger partial charge in [-0.3, -0.25) is 4.18 Å². The first-order valence-electron chi connectivity index (χ1n) is 7.49. The van der Waals surface area contributed by atoms with Crippen LogP contribution in [0.25, 0.3) is 0 Å². The smallest absolute Gasteiger partial charge is 0.338 e. The molecule has 8 heteroatoms. The third-order valence-corrected chi connectivity index (χ3v) is 3.97. The average Bonchev–Trinajstić information content (AvgIpc) is 2.55. The Labute approximate surface area is 142 Å². The van der Waals surface area contributed by atoms with E-state index in [4.69, 9.17) is 8.92 Å². The third kappa shape index (κ3) is 6.67. The number of oxime groups is 1. The maximum Gasteiger partial charge on any atom is 0.338 e. The topological polar surface area (TPSA) is 91.3 Å². The summed E-state index contributed by atoms with van der Waals surface area (Å²) in [6.07, 6.45) is 1.27. The Kier molecular flexibility index (Phi) is 7.87. The van der Waals surface area contributed by atoms with Gasteiger partial charge in [0.2, 0.25) is 0 Å². The van der Waals surface area contributed by atoms with E-state index in [-0.39, 0.29) is 0 Å². The summed E-state index contributed by atoms with van der Waals surface area (Å²) >= 11 is 0. The van der Waals surface area contributed by atoms with E-state index in [2.05, 4.69) is 9.99 Å². The lowest BCUT2D eigenvalue weighted by Crippen LogP contribution is -2.37. The summed E-state index contributed by atoms with van der Waals surface area (Å²) in [6.45, 7) is 3.51. The van der Waals surface area contributed by atoms with Crippen LogP contribution in [-0.4, -0.2) is 46.2 Å². The maximum absolute atomic E-state index is 12.2. The highest BCUT2D eigenvalue weighted by Gasteiger charge is 2.30. The fourth-order valence-corrected chi connectivity index (χ4v) is 2.88. The van der Waals surface area contributed by atoms with Gasteiger partial charge in [0, 0.05) is 5.92 Å². The molecule has 0 N–H and O–H groups in total. The Morgan fingerprint density at radius 2 is 1.92 bits per heavy atom. The van der Waals surface area contributed by atoms with Crippen molar-refractivity contribution in [1.82, 2.24) is 0 Å². The van der Waals surface area contributed by atoms with Gasteiger partial charge in [-0.2, -0.15) is 8.42 Å². The van der Waals surface area contributed by atoms with Crippen LogP contribution in [0.5, 0.6) is 0 Å². The second-order valence-electron chi connectivity index (χ2n) is 5.28. The Bertz CT molecular complexity index is 644. The molecule has 0 heterocycles. The van der Waals surface area contributed by atoms with Crippen LogP contribution in [0.4, 0.5) is 0 Å². The molecule has 0 unspecified atom stereocenters.